The first-order chi connectivity index (χ1) is 10.0. The summed E-state index contributed by atoms with van der Waals surface area (Å²) in [7, 11) is 0. The SMILES string of the molecule is Cc1nc2cc(-c3cccc(C(N)=O)c3)ccc2c(=O)[nH]1. The molecule has 0 radical (unpaired) electrons. The molecule has 104 valence electrons. The molecular weight excluding hydrogens is 266 g/mol. The van der Waals surface area contributed by atoms with E-state index in [1.54, 1.807) is 31.2 Å². The largest absolute Gasteiger partial charge is 0.366 e. The molecule has 2 aromatic carbocycles. The van der Waals surface area contributed by atoms with Crippen molar-refractivity contribution in [1.29, 1.82) is 0 Å². The van der Waals surface area contributed by atoms with Gasteiger partial charge in [0.1, 0.15) is 5.82 Å². The third kappa shape index (κ3) is 2.41. The number of carbonyl (C=O) groups is 1. The lowest BCUT2D eigenvalue weighted by atomic mass is 10.0. The van der Waals surface area contributed by atoms with Crippen LogP contribution in [0.2, 0.25) is 0 Å². The van der Waals surface area contributed by atoms with Crippen LogP contribution < -0.4 is 11.3 Å². The lowest BCUT2D eigenvalue weighted by Crippen LogP contribution is -2.10. The number of nitrogens with two attached hydrogens (primary N) is 1. The van der Waals surface area contributed by atoms with Gasteiger partial charge in [-0.3, -0.25) is 9.59 Å². The number of amides is 1. The fourth-order valence-electron chi connectivity index (χ4n) is 2.29. The first-order valence-electron chi connectivity index (χ1n) is 6.45. The fourth-order valence-corrected chi connectivity index (χ4v) is 2.29. The zero-order chi connectivity index (χ0) is 15.0. The van der Waals surface area contributed by atoms with Gasteiger partial charge in [0, 0.05) is 5.56 Å². The molecule has 1 aromatic heterocycles. The molecule has 0 aliphatic heterocycles. The summed E-state index contributed by atoms with van der Waals surface area (Å²) < 4.78 is 0. The van der Waals surface area contributed by atoms with Gasteiger partial charge in [0.05, 0.1) is 10.9 Å². The Hall–Kier alpha value is -2.95. The zero-order valence-corrected chi connectivity index (χ0v) is 11.4. The van der Waals surface area contributed by atoms with E-state index in [4.69, 9.17) is 5.73 Å². The highest BCUT2D eigenvalue weighted by molar-refractivity contribution is 5.94. The van der Waals surface area contributed by atoms with Gasteiger partial charge in [0.15, 0.2) is 0 Å². The molecule has 21 heavy (non-hydrogen) atoms. The number of primary amides is 1. The predicted octanol–water partition coefficient (Wildman–Crippen LogP) is 2.00. The van der Waals surface area contributed by atoms with Crippen molar-refractivity contribution in [3.05, 3.63) is 64.2 Å². The van der Waals surface area contributed by atoms with E-state index in [9.17, 15) is 9.59 Å². The Morgan fingerprint density at radius 2 is 1.90 bits per heavy atom. The number of aromatic nitrogens is 2. The Kier molecular flexibility index (Phi) is 3.02. The Balaban J connectivity index is 2.19. The smallest absolute Gasteiger partial charge is 0.258 e. The first-order valence-corrected chi connectivity index (χ1v) is 6.45. The van der Waals surface area contributed by atoms with Crippen molar-refractivity contribution < 1.29 is 4.79 Å². The molecule has 0 atom stereocenters. The van der Waals surface area contributed by atoms with Gasteiger partial charge >= 0.3 is 0 Å². The maximum Gasteiger partial charge on any atom is 0.258 e. The minimum atomic E-state index is -0.469. The molecule has 5 nitrogen and oxygen atoms in total. The predicted molar refractivity (Wildman–Crippen MR) is 81.1 cm³/mol. The molecule has 3 aromatic rings. The molecule has 3 N–H and O–H groups in total. The van der Waals surface area contributed by atoms with Crippen LogP contribution in [0.5, 0.6) is 0 Å². The number of nitrogens with one attached hydrogen (secondary N) is 1. The minimum absolute atomic E-state index is 0.157. The summed E-state index contributed by atoms with van der Waals surface area (Å²) in [6, 6.07) is 12.4. The molecule has 0 fully saturated rings. The fraction of sp³-hybridized carbons (Fsp3) is 0.0625. The molecule has 0 saturated carbocycles. The molecule has 0 saturated heterocycles. The zero-order valence-electron chi connectivity index (χ0n) is 11.4. The molecule has 1 heterocycles. The normalized spacial score (nSPS) is 10.7. The van der Waals surface area contributed by atoms with Gasteiger partial charge in [-0.05, 0) is 42.3 Å². The maximum absolute atomic E-state index is 11.8. The van der Waals surface area contributed by atoms with E-state index in [-0.39, 0.29) is 5.56 Å². The third-order valence-electron chi connectivity index (χ3n) is 3.31. The highest BCUT2D eigenvalue weighted by atomic mass is 16.1. The summed E-state index contributed by atoms with van der Waals surface area (Å²) in [4.78, 5) is 30.1. The van der Waals surface area contributed by atoms with E-state index in [0.717, 1.165) is 11.1 Å². The standard InChI is InChI=1S/C16H13N3O2/c1-9-18-14-8-11(5-6-13(14)16(21)19-9)10-3-2-4-12(7-10)15(17)20/h2-8H,1H3,(H2,17,20)(H,18,19,21). The van der Waals surface area contributed by atoms with Gasteiger partial charge in [0.2, 0.25) is 5.91 Å². The van der Waals surface area contributed by atoms with Crippen molar-refractivity contribution in [2.75, 3.05) is 0 Å². The molecule has 5 heteroatoms. The van der Waals surface area contributed by atoms with Crippen LogP contribution in [0.25, 0.3) is 22.0 Å². The second kappa shape index (κ2) is 4.86. The van der Waals surface area contributed by atoms with E-state index in [1.165, 1.54) is 0 Å². The number of nitrogens with zero attached hydrogens (tertiary/aromatic N) is 1. The third-order valence-corrected chi connectivity index (χ3v) is 3.31. The lowest BCUT2D eigenvalue weighted by molar-refractivity contribution is 0.100. The summed E-state index contributed by atoms with van der Waals surface area (Å²) in [6.45, 7) is 1.74. The molecule has 0 unspecified atom stereocenters. The Bertz CT molecular complexity index is 913. The second-order valence-corrected chi connectivity index (χ2v) is 4.83. The van der Waals surface area contributed by atoms with Crippen molar-refractivity contribution >= 4 is 16.8 Å². The van der Waals surface area contributed by atoms with Crippen LogP contribution in [0.3, 0.4) is 0 Å². The number of fused-ring (bicyclic) bond motifs is 1. The quantitative estimate of drug-likeness (QED) is 0.751. The number of H-pyrrole nitrogens is 1. The Morgan fingerprint density at radius 1 is 1.14 bits per heavy atom. The molecule has 0 aliphatic rings. The summed E-state index contributed by atoms with van der Waals surface area (Å²) >= 11 is 0. The van der Waals surface area contributed by atoms with Gasteiger partial charge in [-0.25, -0.2) is 4.98 Å². The number of carbonyl (C=O) groups excluding carboxylic acids is 1. The molecule has 0 bridgehead atoms. The average molecular weight is 279 g/mol. The Morgan fingerprint density at radius 3 is 2.67 bits per heavy atom. The van der Waals surface area contributed by atoms with E-state index in [0.29, 0.717) is 22.3 Å². The van der Waals surface area contributed by atoms with Gasteiger partial charge < -0.3 is 10.7 Å². The van der Waals surface area contributed by atoms with Crippen molar-refractivity contribution in [2.45, 2.75) is 6.92 Å². The summed E-state index contributed by atoms with van der Waals surface area (Å²) in [5.74, 6) is 0.0959. The second-order valence-electron chi connectivity index (χ2n) is 4.83. The van der Waals surface area contributed by atoms with Crippen LogP contribution in [-0.2, 0) is 0 Å². The molecule has 0 aliphatic carbocycles. The summed E-state index contributed by atoms with van der Waals surface area (Å²) in [6.07, 6.45) is 0. The minimum Gasteiger partial charge on any atom is -0.366 e. The highest BCUT2D eigenvalue weighted by Crippen LogP contribution is 2.23. The van der Waals surface area contributed by atoms with Gasteiger partial charge in [-0.2, -0.15) is 0 Å². The van der Waals surface area contributed by atoms with Crippen LogP contribution in [0.1, 0.15) is 16.2 Å². The van der Waals surface area contributed by atoms with E-state index in [2.05, 4.69) is 9.97 Å². The molecule has 0 spiro atoms. The topological polar surface area (TPSA) is 88.8 Å². The van der Waals surface area contributed by atoms with Crippen LogP contribution in [0.4, 0.5) is 0 Å². The number of aryl methyl sites for hydroxylation is 1. The van der Waals surface area contributed by atoms with Gasteiger partial charge in [-0.1, -0.05) is 18.2 Å². The summed E-state index contributed by atoms with van der Waals surface area (Å²) in [5.41, 5.74) is 7.94. The Labute approximate surface area is 120 Å². The van der Waals surface area contributed by atoms with Crippen molar-refractivity contribution in [1.82, 2.24) is 9.97 Å². The van der Waals surface area contributed by atoms with Crippen molar-refractivity contribution in [3.8, 4) is 11.1 Å². The average Bonchev–Trinajstić information content (AvgIpc) is 2.46. The van der Waals surface area contributed by atoms with Crippen molar-refractivity contribution in [2.24, 2.45) is 5.73 Å². The maximum atomic E-state index is 11.8. The van der Waals surface area contributed by atoms with E-state index < -0.39 is 5.91 Å². The number of hydrogen-bond donors (Lipinski definition) is 2. The van der Waals surface area contributed by atoms with Gasteiger partial charge in [-0.15, -0.1) is 0 Å². The number of benzene rings is 2. The monoisotopic (exact) mass is 279 g/mol. The lowest BCUT2D eigenvalue weighted by Gasteiger charge is -2.05. The summed E-state index contributed by atoms with van der Waals surface area (Å²) in [5, 5.41) is 0.537. The highest BCUT2D eigenvalue weighted by Gasteiger charge is 2.06. The number of hydrogen-bond acceptors (Lipinski definition) is 3. The molecule has 1 amide bonds. The van der Waals surface area contributed by atoms with Crippen LogP contribution >= 0.6 is 0 Å². The van der Waals surface area contributed by atoms with Crippen LogP contribution in [0, 0.1) is 6.92 Å². The number of rotatable bonds is 2. The van der Waals surface area contributed by atoms with Gasteiger partial charge in [0.25, 0.3) is 5.56 Å². The number of aromatic amines is 1. The van der Waals surface area contributed by atoms with E-state index >= 15 is 0 Å². The molecular formula is C16H13N3O2. The molecule has 3 rings (SSSR count). The van der Waals surface area contributed by atoms with Crippen molar-refractivity contribution in [3.63, 3.8) is 0 Å². The van der Waals surface area contributed by atoms with Crippen LogP contribution in [-0.4, -0.2) is 15.9 Å². The van der Waals surface area contributed by atoms with E-state index in [1.807, 2.05) is 18.2 Å². The first kappa shape index (κ1) is 13.1. The van der Waals surface area contributed by atoms with Crippen LogP contribution in [0.15, 0.2) is 47.3 Å².